The molecule has 0 N–H and O–H groups in total. The van der Waals surface area contributed by atoms with Gasteiger partial charge in [0.05, 0.1) is 0 Å². The highest BCUT2D eigenvalue weighted by molar-refractivity contribution is 7.99. The van der Waals surface area contributed by atoms with E-state index in [1.807, 2.05) is 11.8 Å². The zero-order valence-corrected chi connectivity index (χ0v) is 21.5. The number of hydrogen-bond acceptors (Lipinski definition) is 3. The quantitative estimate of drug-likeness (QED) is 0.392. The summed E-state index contributed by atoms with van der Waals surface area (Å²) in [7, 11) is 2.24. The van der Waals surface area contributed by atoms with Gasteiger partial charge in [-0.3, -0.25) is 4.90 Å². The minimum absolute atomic E-state index is 0. The molecule has 0 saturated carbocycles. The van der Waals surface area contributed by atoms with Crippen LogP contribution in [0.5, 0.6) is 0 Å². The van der Waals surface area contributed by atoms with Crippen molar-refractivity contribution in [2.75, 3.05) is 33.2 Å². The van der Waals surface area contributed by atoms with Gasteiger partial charge in [-0.25, -0.2) is 0 Å². The monoisotopic (exact) mass is 486 g/mol. The van der Waals surface area contributed by atoms with Gasteiger partial charge in [0, 0.05) is 42.0 Å². The van der Waals surface area contributed by atoms with Gasteiger partial charge in [-0.05, 0) is 78.9 Å². The molecule has 0 spiro atoms. The fourth-order valence-electron chi connectivity index (χ4n) is 5.00. The Morgan fingerprint density at radius 3 is 2.19 bits per heavy atom. The molecule has 2 heterocycles. The molecule has 0 bridgehead atoms. The van der Waals surface area contributed by atoms with Crippen LogP contribution in [0.2, 0.25) is 0 Å². The van der Waals surface area contributed by atoms with E-state index in [9.17, 15) is 0 Å². The van der Waals surface area contributed by atoms with Crippen molar-refractivity contribution < 1.29 is 0 Å². The number of likely N-dealkylation sites (N-methyl/N-ethyl adjacent to an activating group) is 1. The van der Waals surface area contributed by atoms with E-state index in [1.165, 1.54) is 43.2 Å². The SMILES string of the molecule is Cc1cccc(C)c1-c1ccc2c(c1)C(N1CCN(C)CC1)Cc1ccccc1S2.Cl.Cl. The third-order valence-corrected chi connectivity index (χ3v) is 7.93. The summed E-state index contributed by atoms with van der Waals surface area (Å²) in [6.45, 7) is 9.05. The Kier molecular flexibility index (Phi) is 8.35. The average Bonchev–Trinajstić information content (AvgIpc) is 2.91. The lowest BCUT2D eigenvalue weighted by atomic mass is 9.91. The molecule has 5 rings (SSSR count). The van der Waals surface area contributed by atoms with Crippen LogP contribution in [0, 0.1) is 13.8 Å². The smallest absolute Gasteiger partial charge is 0.0401 e. The molecule has 2 aliphatic rings. The predicted octanol–water partition coefficient (Wildman–Crippen LogP) is 6.81. The van der Waals surface area contributed by atoms with Crippen LogP contribution in [0.3, 0.4) is 0 Å². The lowest BCUT2D eigenvalue weighted by Gasteiger charge is -2.38. The van der Waals surface area contributed by atoms with E-state index in [4.69, 9.17) is 0 Å². The topological polar surface area (TPSA) is 6.48 Å². The molecule has 1 saturated heterocycles. The van der Waals surface area contributed by atoms with Gasteiger partial charge >= 0.3 is 0 Å². The van der Waals surface area contributed by atoms with E-state index in [-0.39, 0.29) is 24.8 Å². The summed E-state index contributed by atoms with van der Waals surface area (Å²) in [6.07, 6.45) is 1.09. The summed E-state index contributed by atoms with van der Waals surface area (Å²) >= 11 is 1.95. The van der Waals surface area contributed by atoms with Crippen LogP contribution in [-0.2, 0) is 6.42 Å². The van der Waals surface area contributed by atoms with Crippen molar-refractivity contribution in [3.8, 4) is 11.1 Å². The van der Waals surface area contributed by atoms with Crippen LogP contribution >= 0.6 is 36.6 Å². The second-order valence-electron chi connectivity index (χ2n) is 8.79. The van der Waals surface area contributed by atoms with Crippen molar-refractivity contribution in [3.05, 3.63) is 82.9 Å². The molecule has 1 atom stereocenters. The maximum absolute atomic E-state index is 2.72. The number of aryl methyl sites for hydroxylation is 2. The van der Waals surface area contributed by atoms with Crippen molar-refractivity contribution >= 4 is 36.6 Å². The van der Waals surface area contributed by atoms with Gasteiger partial charge in [0.15, 0.2) is 0 Å². The first kappa shape index (κ1) is 25.1. The fraction of sp³-hybridized carbons (Fsp3) is 0.333. The molecule has 3 aromatic rings. The second kappa shape index (κ2) is 10.6. The Hall–Kier alpha value is -1.49. The molecule has 3 aromatic carbocycles. The number of fused-ring (bicyclic) bond motifs is 2. The summed E-state index contributed by atoms with van der Waals surface area (Å²) in [4.78, 5) is 7.99. The average molecular weight is 488 g/mol. The second-order valence-corrected chi connectivity index (χ2v) is 9.87. The molecule has 5 heteroatoms. The highest BCUT2D eigenvalue weighted by Crippen LogP contribution is 2.44. The first-order valence-electron chi connectivity index (χ1n) is 11.0. The van der Waals surface area contributed by atoms with Crippen LogP contribution in [0.15, 0.2) is 70.5 Å². The van der Waals surface area contributed by atoms with E-state index < -0.39 is 0 Å². The van der Waals surface area contributed by atoms with Crippen LogP contribution in [0.1, 0.15) is 28.3 Å². The molecule has 0 amide bonds. The van der Waals surface area contributed by atoms with Crippen molar-refractivity contribution in [2.45, 2.75) is 36.1 Å². The normalized spacial score (nSPS) is 18.5. The fourth-order valence-corrected chi connectivity index (χ4v) is 6.11. The van der Waals surface area contributed by atoms with E-state index >= 15 is 0 Å². The van der Waals surface area contributed by atoms with Crippen LogP contribution in [0.25, 0.3) is 11.1 Å². The van der Waals surface area contributed by atoms with Crippen LogP contribution in [-0.4, -0.2) is 43.0 Å². The maximum atomic E-state index is 2.72. The van der Waals surface area contributed by atoms with Crippen molar-refractivity contribution in [1.82, 2.24) is 9.80 Å². The molecule has 0 aliphatic carbocycles. The van der Waals surface area contributed by atoms with Gasteiger partial charge in [0.2, 0.25) is 0 Å². The molecule has 2 aliphatic heterocycles. The minimum atomic E-state index is 0. The summed E-state index contributed by atoms with van der Waals surface area (Å²) < 4.78 is 0. The van der Waals surface area contributed by atoms with Gasteiger partial charge in [0.1, 0.15) is 0 Å². The molecule has 0 radical (unpaired) electrons. The standard InChI is InChI=1S/C27H30N2S.2ClH/c1-19-7-6-8-20(2)27(19)22-11-12-26-23(17-22)24(29-15-13-28(3)14-16-29)18-21-9-4-5-10-25(21)30-26;;/h4-12,17,24H,13-16,18H2,1-3H3;2*1H. The summed E-state index contributed by atoms with van der Waals surface area (Å²) in [6, 6.07) is 23.2. The zero-order valence-electron chi connectivity index (χ0n) is 19.0. The summed E-state index contributed by atoms with van der Waals surface area (Å²) in [5.41, 5.74) is 8.45. The summed E-state index contributed by atoms with van der Waals surface area (Å²) in [5.74, 6) is 0. The Balaban J connectivity index is 0.00000144. The third-order valence-electron chi connectivity index (χ3n) is 6.72. The lowest BCUT2D eigenvalue weighted by Crippen LogP contribution is -2.46. The van der Waals surface area contributed by atoms with Gasteiger partial charge in [-0.15, -0.1) is 24.8 Å². The molecule has 32 heavy (non-hydrogen) atoms. The molecular formula is C27H32Cl2N2S. The number of nitrogens with zero attached hydrogens (tertiary/aromatic N) is 2. The zero-order chi connectivity index (χ0) is 20.7. The highest BCUT2D eigenvalue weighted by Gasteiger charge is 2.29. The van der Waals surface area contributed by atoms with E-state index in [0.717, 1.165) is 32.6 Å². The highest BCUT2D eigenvalue weighted by atomic mass is 35.5. The number of halogens is 2. The molecule has 170 valence electrons. The maximum Gasteiger partial charge on any atom is 0.0401 e. The van der Waals surface area contributed by atoms with E-state index in [1.54, 1.807) is 0 Å². The molecule has 1 fully saturated rings. The van der Waals surface area contributed by atoms with E-state index in [0.29, 0.717) is 6.04 Å². The summed E-state index contributed by atoms with van der Waals surface area (Å²) in [5, 5.41) is 0. The predicted molar refractivity (Wildman–Crippen MR) is 142 cm³/mol. The Morgan fingerprint density at radius 2 is 1.47 bits per heavy atom. The lowest BCUT2D eigenvalue weighted by molar-refractivity contribution is 0.110. The van der Waals surface area contributed by atoms with E-state index in [2.05, 4.69) is 91.4 Å². The van der Waals surface area contributed by atoms with Crippen molar-refractivity contribution in [1.29, 1.82) is 0 Å². The molecule has 0 aromatic heterocycles. The first-order valence-corrected chi connectivity index (χ1v) is 11.8. The number of rotatable bonds is 2. The molecular weight excluding hydrogens is 455 g/mol. The molecule has 2 nitrogen and oxygen atoms in total. The Morgan fingerprint density at radius 1 is 0.781 bits per heavy atom. The number of benzene rings is 3. The molecule has 1 unspecified atom stereocenters. The van der Waals surface area contributed by atoms with Crippen LogP contribution < -0.4 is 0 Å². The Labute approximate surface area is 209 Å². The van der Waals surface area contributed by atoms with Gasteiger partial charge in [0.25, 0.3) is 0 Å². The van der Waals surface area contributed by atoms with Crippen molar-refractivity contribution in [3.63, 3.8) is 0 Å². The number of hydrogen-bond donors (Lipinski definition) is 0. The first-order chi connectivity index (χ1) is 14.6. The van der Waals surface area contributed by atoms with Crippen molar-refractivity contribution in [2.24, 2.45) is 0 Å². The largest absolute Gasteiger partial charge is 0.304 e. The third kappa shape index (κ3) is 4.88. The van der Waals surface area contributed by atoms with Gasteiger partial charge < -0.3 is 4.90 Å². The Bertz CT molecular complexity index is 1060. The number of piperazine rings is 1. The van der Waals surface area contributed by atoms with Gasteiger partial charge in [-0.2, -0.15) is 0 Å². The van der Waals surface area contributed by atoms with Gasteiger partial charge in [-0.1, -0.05) is 54.2 Å². The minimum Gasteiger partial charge on any atom is -0.304 e. The van der Waals surface area contributed by atoms with Crippen LogP contribution in [0.4, 0.5) is 0 Å².